The fourth-order valence-corrected chi connectivity index (χ4v) is 9.99. The van der Waals surface area contributed by atoms with Crippen LogP contribution < -0.4 is 0 Å². The lowest BCUT2D eigenvalue weighted by Crippen LogP contribution is -1.97. The summed E-state index contributed by atoms with van der Waals surface area (Å²) in [5.41, 5.74) is 16.0. The Balaban J connectivity index is 1.33. The van der Waals surface area contributed by atoms with Gasteiger partial charge in [-0.15, -0.1) is 0 Å². The van der Waals surface area contributed by atoms with Crippen LogP contribution in [0.3, 0.4) is 0 Å². The molecule has 0 heterocycles. The van der Waals surface area contributed by atoms with Gasteiger partial charge >= 0.3 is 0 Å². The molecule has 0 fully saturated rings. The number of fused-ring (bicyclic) bond motifs is 7. The zero-order valence-corrected chi connectivity index (χ0v) is 27.9. The summed E-state index contributed by atoms with van der Waals surface area (Å²) in [6.45, 7) is 4.56. The lowest BCUT2D eigenvalue weighted by Gasteiger charge is -2.23. The average molecular weight is 631 g/mol. The van der Waals surface area contributed by atoms with Crippen molar-refractivity contribution in [3.63, 3.8) is 0 Å². The van der Waals surface area contributed by atoms with E-state index in [-0.39, 0.29) is 0 Å². The highest BCUT2D eigenvalue weighted by atomic mass is 14.4. The molecule has 10 aromatic rings. The van der Waals surface area contributed by atoms with Crippen LogP contribution in [0.2, 0.25) is 0 Å². The van der Waals surface area contributed by atoms with E-state index in [1.54, 1.807) is 0 Å². The number of benzene rings is 10. The third kappa shape index (κ3) is 3.14. The van der Waals surface area contributed by atoms with Crippen LogP contribution in [0.25, 0.3) is 121 Å². The fraction of sp³-hybridized carbons (Fsp3) is 0.0400. The lowest BCUT2D eigenvalue weighted by atomic mass is 9.80. The Labute approximate surface area is 289 Å². The van der Waals surface area contributed by atoms with Gasteiger partial charge in [0.25, 0.3) is 0 Å². The molecule has 0 aliphatic heterocycles. The summed E-state index contributed by atoms with van der Waals surface area (Å²) in [5, 5.41) is 16.1. The third-order valence-electron chi connectivity index (χ3n) is 12.0. The van der Waals surface area contributed by atoms with Crippen molar-refractivity contribution in [1.82, 2.24) is 0 Å². The van der Waals surface area contributed by atoms with Crippen molar-refractivity contribution in [3.05, 3.63) is 156 Å². The van der Waals surface area contributed by atoms with Crippen LogP contribution in [0.5, 0.6) is 0 Å². The molecule has 0 heteroatoms. The van der Waals surface area contributed by atoms with Gasteiger partial charge in [0.05, 0.1) is 0 Å². The van der Waals surface area contributed by atoms with Crippen molar-refractivity contribution in [2.24, 2.45) is 0 Å². The van der Waals surface area contributed by atoms with Crippen LogP contribution in [-0.2, 0) is 0 Å². The predicted molar refractivity (Wildman–Crippen MR) is 216 cm³/mol. The molecule has 50 heavy (non-hydrogen) atoms. The minimum atomic E-state index is 1.27. The molecule has 0 saturated heterocycles. The zero-order chi connectivity index (χ0) is 32.8. The molecule has 0 nitrogen and oxygen atoms in total. The van der Waals surface area contributed by atoms with Gasteiger partial charge < -0.3 is 0 Å². The second kappa shape index (κ2) is 9.26. The van der Waals surface area contributed by atoms with Gasteiger partial charge in [-0.25, -0.2) is 0 Å². The number of hydrogen-bond donors (Lipinski definition) is 0. The van der Waals surface area contributed by atoms with Crippen molar-refractivity contribution >= 4 is 76.8 Å². The summed E-state index contributed by atoms with van der Waals surface area (Å²) in [5.74, 6) is 0. The number of rotatable bonds is 2. The first-order valence-electron chi connectivity index (χ1n) is 17.7. The fourth-order valence-electron chi connectivity index (χ4n) is 9.99. The Bertz CT molecular complexity index is 3120. The normalized spacial score (nSPS) is 12.9. The summed E-state index contributed by atoms with van der Waals surface area (Å²) in [6, 6.07) is 50.7. The summed E-state index contributed by atoms with van der Waals surface area (Å²) in [4.78, 5) is 0. The van der Waals surface area contributed by atoms with Gasteiger partial charge in [-0.05, 0) is 145 Å². The molecular formula is C50H30. The highest BCUT2D eigenvalue weighted by Crippen LogP contribution is 2.60. The van der Waals surface area contributed by atoms with E-state index in [0.717, 1.165) is 0 Å². The van der Waals surface area contributed by atoms with Crippen molar-refractivity contribution in [3.8, 4) is 44.5 Å². The van der Waals surface area contributed by atoms with Crippen LogP contribution in [0.4, 0.5) is 0 Å². The van der Waals surface area contributed by atoms with E-state index in [1.807, 2.05) is 0 Å². The number of aryl methyl sites for hydroxylation is 2. The molecule has 2 aliphatic carbocycles. The minimum Gasteiger partial charge on any atom is -0.0617 e. The van der Waals surface area contributed by atoms with Crippen molar-refractivity contribution in [1.29, 1.82) is 0 Å². The van der Waals surface area contributed by atoms with Gasteiger partial charge in [0.15, 0.2) is 0 Å². The average Bonchev–Trinajstić information content (AvgIpc) is 3.73. The van der Waals surface area contributed by atoms with Crippen LogP contribution in [0, 0.1) is 13.8 Å². The second-order valence-electron chi connectivity index (χ2n) is 14.4. The Morgan fingerprint density at radius 3 is 1.44 bits per heavy atom. The maximum absolute atomic E-state index is 2.45. The molecule has 0 spiro atoms. The van der Waals surface area contributed by atoms with E-state index < -0.39 is 0 Å². The van der Waals surface area contributed by atoms with Gasteiger partial charge in [0.1, 0.15) is 0 Å². The summed E-state index contributed by atoms with van der Waals surface area (Å²) < 4.78 is 0. The van der Waals surface area contributed by atoms with Crippen LogP contribution in [-0.4, -0.2) is 0 Å². The number of hydrogen-bond acceptors (Lipinski definition) is 0. The van der Waals surface area contributed by atoms with E-state index in [2.05, 4.69) is 159 Å². The largest absolute Gasteiger partial charge is 0.0617 e. The van der Waals surface area contributed by atoms with Crippen LogP contribution >= 0.6 is 0 Å². The highest BCUT2D eigenvalue weighted by Gasteiger charge is 2.33. The first kappa shape index (κ1) is 26.7. The van der Waals surface area contributed by atoms with E-state index in [1.165, 1.54) is 131 Å². The van der Waals surface area contributed by atoms with Gasteiger partial charge in [0.2, 0.25) is 0 Å². The predicted octanol–water partition coefficient (Wildman–Crippen LogP) is 14.1. The quantitative estimate of drug-likeness (QED) is 0.132. The SMILES string of the molecule is Cc1cccc(C)c1-c1c2c(c(-c3cccc4ccccc34)c3ccccc13)-c1ccc3c4ccc5c6c(ccc(c7ccc-2c1c73)c64)C=C5. The molecule has 10 aromatic carbocycles. The lowest BCUT2D eigenvalue weighted by molar-refractivity contribution is 1.39. The Hall–Kier alpha value is -6.24. The smallest absolute Gasteiger partial charge is 0.000718 e. The van der Waals surface area contributed by atoms with Crippen molar-refractivity contribution in [2.75, 3.05) is 0 Å². The maximum atomic E-state index is 2.45. The van der Waals surface area contributed by atoms with Crippen molar-refractivity contribution < 1.29 is 0 Å². The molecule has 0 bridgehead atoms. The van der Waals surface area contributed by atoms with E-state index in [4.69, 9.17) is 0 Å². The summed E-state index contributed by atoms with van der Waals surface area (Å²) in [6.07, 6.45) is 4.55. The Kier molecular flexibility index (Phi) is 4.94. The first-order chi connectivity index (χ1) is 24.7. The van der Waals surface area contributed by atoms with Gasteiger partial charge in [0, 0.05) is 0 Å². The zero-order valence-electron chi connectivity index (χ0n) is 27.9. The maximum Gasteiger partial charge on any atom is -0.000718 e. The van der Waals surface area contributed by atoms with Gasteiger partial charge in [-0.1, -0.05) is 146 Å². The van der Waals surface area contributed by atoms with E-state index >= 15 is 0 Å². The first-order valence-corrected chi connectivity index (χ1v) is 17.7. The standard InChI is InChI=1S/C50H30/c1-27-9-7-10-28(2)42(27)48-35-15-6-5-14-34(35)46(33-16-8-12-29-11-3-4-13-32(29)33)49-40-25-23-38-36-21-19-30-17-18-31-20-22-37(44(36)43(30)31)39-24-26-41(50(48)49)47(40)45(38)39/h3-26H,1-2H3. The molecule has 230 valence electrons. The molecule has 2 aliphatic rings. The molecule has 0 radical (unpaired) electrons. The Morgan fingerprint density at radius 2 is 0.780 bits per heavy atom. The van der Waals surface area contributed by atoms with E-state index in [0.29, 0.717) is 0 Å². The highest BCUT2D eigenvalue weighted by molar-refractivity contribution is 6.40. The monoisotopic (exact) mass is 630 g/mol. The molecule has 0 unspecified atom stereocenters. The van der Waals surface area contributed by atoms with Crippen LogP contribution in [0.1, 0.15) is 22.3 Å². The Morgan fingerprint density at radius 1 is 0.280 bits per heavy atom. The van der Waals surface area contributed by atoms with Crippen LogP contribution in [0.15, 0.2) is 133 Å². The molecule has 0 saturated carbocycles. The molecule has 12 rings (SSSR count). The molecule has 0 N–H and O–H groups in total. The molecular weight excluding hydrogens is 601 g/mol. The topological polar surface area (TPSA) is 0 Å². The molecule has 0 amide bonds. The molecule has 0 atom stereocenters. The van der Waals surface area contributed by atoms with Gasteiger partial charge in [-0.2, -0.15) is 0 Å². The molecule has 0 aromatic heterocycles. The summed E-state index contributed by atoms with van der Waals surface area (Å²) in [7, 11) is 0. The van der Waals surface area contributed by atoms with Gasteiger partial charge in [-0.3, -0.25) is 0 Å². The van der Waals surface area contributed by atoms with Crippen molar-refractivity contribution in [2.45, 2.75) is 13.8 Å². The summed E-state index contributed by atoms with van der Waals surface area (Å²) >= 11 is 0. The third-order valence-corrected chi connectivity index (χ3v) is 12.0. The van der Waals surface area contributed by atoms with E-state index in [9.17, 15) is 0 Å². The minimum absolute atomic E-state index is 1.27. The second-order valence-corrected chi connectivity index (χ2v) is 14.4.